The van der Waals surface area contributed by atoms with E-state index in [0.29, 0.717) is 30.3 Å². The second-order valence-electron chi connectivity index (χ2n) is 6.77. The maximum absolute atomic E-state index is 12.4. The number of thiazole rings is 1. The van der Waals surface area contributed by atoms with Gasteiger partial charge in [-0.15, -0.1) is 11.3 Å². The van der Waals surface area contributed by atoms with E-state index in [-0.39, 0.29) is 5.91 Å². The van der Waals surface area contributed by atoms with Gasteiger partial charge < -0.3 is 10.1 Å². The van der Waals surface area contributed by atoms with Crippen LogP contribution in [0.1, 0.15) is 21.7 Å². The van der Waals surface area contributed by atoms with Crippen LogP contribution in [0.2, 0.25) is 5.02 Å². The topological polar surface area (TPSA) is 64.1 Å². The first-order valence-corrected chi connectivity index (χ1v) is 11.0. The van der Waals surface area contributed by atoms with Crippen molar-refractivity contribution in [2.45, 2.75) is 13.0 Å². The van der Waals surface area contributed by atoms with Crippen molar-refractivity contribution in [3.8, 4) is 16.3 Å². The highest BCUT2D eigenvalue weighted by molar-refractivity contribution is 7.13. The Morgan fingerprint density at radius 3 is 2.61 bits per heavy atom. The average Bonchev–Trinajstić information content (AvgIpc) is 3.30. The molecule has 1 amide bonds. The number of hydrogen-bond donors (Lipinski definition) is 1. The summed E-state index contributed by atoms with van der Waals surface area (Å²) in [5.74, 6) is 0.561. The zero-order chi connectivity index (χ0) is 21.5. The van der Waals surface area contributed by atoms with Gasteiger partial charge in [-0.25, -0.2) is 4.98 Å². The van der Waals surface area contributed by atoms with Gasteiger partial charge in [-0.05, 0) is 42.5 Å². The minimum absolute atomic E-state index is 0.182. The molecule has 0 radical (unpaired) electrons. The zero-order valence-electron chi connectivity index (χ0n) is 16.6. The Bertz CT molecular complexity index is 1150. The van der Waals surface area contributed by atoms with Gasteiger partial charge >= 0.3 is 0 Å². The molecule has 0 unspecified atom stereocenters. The summed E-state index contributed by atoms with van der Waals surface area (Å²) in [6, 6.07) is 21.0. The third-order valence-electron chi connectivity index (χ3n) is 4.58. The molecule has 2 aromatic heterocycles. The fourth-order valence-electron chi connectivity index (χ4n) is 2.92. The summed E-state index contributed by atoms with van der Waals surface area (Å²) < 4.78 is 5.82. The molecule has 0 bridgehead atoms. The molecule has 4 rings (SSSR count). The van der Waals surface area contributed by atoms with Gasteiger partial charge in [0.15, 0.2) is 0 Å². The maximum atomic E-state index is 12.4. The number of nitrogens with one attached hydrogen (secondary N) is 1. The highest BCUT2D eigenvalue weighted by Crippen LogP contribution is 2.26. The van der Waals surface area contributed by atoms with E-state index < -0.39 is 0 Å². The fourth-order valence-corrected chi connectivity index (χ4v) is 3.92. The van der Waals surface area contributed by atoms with Crippen molar-refractivity contribution in [2.24, 2.45) is 0 Å². The van der Waals surface area contributed by atoms with E-state index >= 15 is 0 Å². The van der Waals surface area contributed by atoms with E-state index in [4.69, 9.17) is 16.3 Å². The van der Waals surface area contributed by atoms with Crippen LogP contribution in [-0.4, -0.2) is 22.4 Å². The molecule has 156 valence electrons. The number of benzene rings is 2. The summed E-state index contributed by atoms with van der Waals surface area (Å²) in [6.07, 6.45) is 2.43. The van der Waals surface area contributed by atoms with E-state index in [2.05, 4.69) is 15.3 Å². The Morgan fingerprint density at radius 2 is 1.84 bits per heavy atom. The highest BCUT2D eigenvalue weighted by Gasteiger charge is 2.12. The Morgan fingerprint density at radius 1 is 1.03 bits per heavy atom. The first-order chi connectivity index (χ1) is 15.2. The number of carbonyl (C=O) groups is 1. The van der Waals surface area contributed by atoms with Crippen molar-refractivity contribution in [1.82, 2.24) is 15.3 Å². The first kappa shape index (κ1) is 21.0. The zero-order valence-corrected chi connectivity index (χ0v) is 18.2. The summed E-state index contributed by atoms with van der Waals surface area (Å²) >= 11 is 7.60. The number of rotatable bonds is 8. The van der Waals surface area contributed by atoms with Gasteiger partial charge in [0.2, 0.25) is 0 Å². The second kappa shape index (κ2) is 10.2. The van der Waals surface area contributed by atoms with Crippen molar-refractivity contribution >= 4 is 28.8 Å². The fraction of sp³-hybridized carbons (Fsp3) is 0.125. The van der Waals surface area contributed by atoms with Crippen molar-refractivity contribution in [2.75, 3.05) is 6.54 Å². The smallest absolute Gasteiger partial charge is 0.270 e. The number of amides is 1. The highest BCUT2D eigenvalue weighted by atomic mass is 35.5. The van der Waals surface area contributed by atoms with Crippen LogP contribution in [-0.2, 0) is 13.0 Å². The Balaban J connectivity index is 1.32. The van der Waals surface area contributed by atoms with Crippen LogP contribution in [0.5, 0.6) is 5.75 Å². The molecule has 2 aromatic carbocycles. The molecule has 1 N–H and O–H groups in total. The number of aromatic nitrogens is 2. The van der Waals surface area contributed by atoms with Crippen LogP contribution in [0, 0.1) is 0 Å². The average molecular weight is 450 g/mol. The van der Waals surface area contributed by atoms with Gasteiger partial charge in [0.1, 0.15) is 23.1 Å². The third-order valence-corrected chi connectivity index (χ3v) is 5.84. The molecule has 0 saturated carbocycles. The summed E-state index contributed by atoms with van der Waals surface area (Å²) in [7, 11) is 0. The molecule has 0 aliphatic heterocycles. The van der Waals surface area contributed by atoms with Gasteiger partial charge in [-0.3, -0.25) is 9.78 Å². The lowest BCUT2D eigenvalue weighted by atomic mass is 10.2. The second-order valence-corrected chi connectivity index (χ2v) is 8.03. The van der Waals surface area contributed by atoms with E-state index in [1.165, 1.54) is 11.3 Å². The number of carbonyl (C=O) groups excluding carboxylic acids is 1. The first-order valence-electron chi connectivity index (χ1n) is 9.79. The Kier molecular flexibility index (Phi) is 6.92. The molecule has 7 heteroatoms. The predicted octanol–water partition coefficient (Wildman–Crippen LogP) is 5.41. The molecular weight excluding hydrogens is 430 g/mol. The van der Waals surface area contributed by atoms with Crippen LogP contribution in [0.15, 0.2) is 78.3 Å². The molecule has 4 aromatic rings. The van der Waals surface area contributed by atoms with E-state index in [0.717, 1.165) is 27.6 Å². The number of ether oxygens (including phenoxy) is 1. The molecule has 0 saturated heterocycles. The number of pyridine rings is 1. The monoisotopic (exact) mass is 449 g/mol. The Hall–Kier alpha value is -3.22. The molecule has 0 spiro atoms. The van der Waals surface area contributed by atoms with Crippen molar-refractivity contribution < 1.29 is 9.53 Å². The van der Waals surface area contributed by atoms with Crippen LogP contribution >= 0.6 is 22.9 Å². The minimum atomic E-state index is -0.182. The van der Waals surface area contributed by atoms with Gasteiger partial charge in [0.25, 0.3) is 5.91 Å². The summed E-state index contributed by atoms with van der Waals surface area (Å²) in [5, 5.41) is 6.14. The summed E-state index contributed by atoms with van der Waals surface area (Å²) in [5.41, 5.74) is 3.23. The third kappa shape index (κ3) is 5.69. The van der Waals surface area contributed by atoms with Gasteiger partial charge in [-0.1, -0.05) is 35.9 Å². The molecule has 31 heavy (non-hydrogen) atoms. The lowest BCUT2D eigenvalue weighted by Gasteiger charge is -2.08. The Labute approximate surface area is 189 Å². The summed E-state index contributed by atoms with van der Waals surface area (Å²) in [4.78, 5) is 21.1. The molecular formula is C24H20ClN3O2S. The number of nitrogens with zero attached hydrogens (tertiary/aromatic N) is 2. The SMILES string of the molecule is O=C(NCCc1ccccn1)c1csc(-c2ccc(OCc3ccccc3Cl)cc2)n1. The van der Waals surface area contributed by atoms with E-state index in [1.54, 1.807) is 11.6 Å². The quantitative estimate of drug-likeness (QED) is 0.390. The summed E-state index contributed by atoms with van der Waals surface area (Å²) in [6.45, 7) is 0.916. The predicted molar refractivity (Wildman–Crippen MR) is 124 cm³/mol. The lowest BCUT2D eigenvalue weighted by Crippen LogP contribution is -2.26. The van der Waals surface area contributed by atoms with Crippen molar-refractivity contribution in [1.29, 1.82) is 0 Å². The molecule has 2 heterocycles. The van der Waals surface area contributed by atoms with Crippen LogP contribution in [0.25, 0.3) is 10.6 Å². The largest absolute Gasteiger partial charge is 0.489 e. The van der Waals surface area contributed by atoms with Crippen molar-refractivity contribution in [3.05, 3.63) is 100 Å². The minimum Gasteiger partial charge on any atom is -0.489 e. The molecule has 0 aliphatic carbocycles. The van der Waals surface area contributed by atoms with Gasteiger partial charge in [-0.2, -0.15) is 0 Å². The van der Waals surface area contributed by atoms with Crippen LogP contribution in [0.3, 0.4) is 0 Å². The maximum Gasteiger partial charge on any atom is 0.270 e. The lowest BCUT2D eigenvalue weighted by molar-refractivity contribution is 0.0950. The molecule has 0 fully saturated rings. The van der Waals surface area contributed by atoms with E-state index in [1.807, 2.05) is 66.7 Å². The molecule has 5 nitrogen and oxygen atoms in total. The standard InChI is InChI=1S/C24H20ClN3O2S/c25-21-7-2-1-5-18(21)15-30-20-10-8-17(9-11-20)24-28-22(16-31-24)23(29)27-14-12-19-6-3-4-13-26-19/h1-11,13,16H,12,14-15H2,(H,27,29). The van der Waals surface area contributed by atoms with Crippen LogP contribution in [0.4, 0.5) is 0 Å². The normalized spacial score (nSPS) is 10.6. The van der Waals surface area contributed by atoms with Gasteiger partial charge in [0, 0.05) is 46.4 Å². The van der Waals surface area contributed by atoms with E-state index in [9.17, 15) is 4.79 Å². The molecule has 0 aliphatic rings. The van der Waals surface area contributed by atoms with Gasteiger partial charge in [0.05, 0.1) is 0 Å². The number of halogens is 1. The number of hydrogen-bond acceptors (Lipinski definition) is 5. The van der Waals surface area contributed by atoms with Crippen molar-refractivity contribution in [3.63, 3.8) is 0 Å². The van der Waals surface area contributed by atoms with Crippen LogP contribution < -0.4 is 10.1 Å². The molecule has 0 atom stereocenters.